The summed E-state index contributed by atoms with van der Waals surface area (Å²) in [5.41, 5.74) is 11.0. The third-order valence-corrected chi connectivity index (χ3v) is 3.22. The molecule has 0 aliphatic rings. The van der Waals surface area contributed by atoms with Gasteiger partial charge in [0.15, 0.2) is 0 Å². The van der Waals surface area contributed by atoms with Crippen LogP contribution >= 0.6 is 0 Å². The van der Waals surface area contributed by atoms with Gasteiger partial charge in [-0.2, -0.15) is 0 Å². The summed E-state index contributed by atoms with van der Waals surface area (Å²) >= 11 is 0. The molecule has 0 radical (unpaired) electrons. The molecule has 0 fully saturated rings. The second-order valence-corrected chi connectivity index (χ2v) is 4.86. The number of hydrogen-bond donors (Lipinski definition) is 3. The number of carbonyl (C=O) groups is 2. The van der Waals surface area contributed by atoms with E-state index >= 15 is 0 Å². The predicted octanol–water partition coefficient (Wildman–Crippen LogP) is 2.58. The molecule has 0 atom stereocenters. The van der Waals surface area contributed by atoms with Gasteiger partial charge in [-0.3, -0.25) is 4.79 Å². The molecular weight excluding hydrogens is 268 g/mol. The molecule has 5 nitrogen and oxygen atoms in total. The largest absolute Gasteiger partial charge is 0.474 e. The minimum atomic E-state index is -1.51. The third kappa shape index (κ3) is 3.20. The summed E-state index contributed by atoms with van der Waals surface area (Å²) < 4.78 is 0. The lowest BCUT2D eigenvalue weighted by molar-refractivity contribution is -0.147. The quantitative estimate of drug-likeness (QED) is 0.583. The molecule has 0 saturated heterocycles. The highest BCUT2D eigenvalue weighted by molar-refractivity contribution is 6.36. The maximum Gasteiger partial charge on any atom is 0.394 e. The Labute approximate surface area is 122 Å². The molecule has 0 spiro atoms. The summed E-state index contributed by atoms with van der Waals surface area (Å²) in [5, 5.41) is 10.9. The van der Waals surface area contributed by atoms with Crippen molar-refractivity contribution < 1.29 is 14.7 Å². The van der Waals surface area contributed by atoms with Gasteiger partial charge >= 0.3 is 11.9 Å². The fraction of sp³-hybridized carbons (Fsp3) is 0.125. The molecule has 0 bridgehead atoms. The van der Waals surface area contributed by atoms with Crippen LogP contribution < -0.4 is 11.1 Å². The molecule has 0 aliphatic heterocycles. The van der Waals surface area contributed by atoms with E-state index in [1.54, 1.807) is 12.1 Å². The number of rotatable bonds is 2. The molecule has 0 unspecified atom stereocenters. The SMILES string of the molecule is Cc1cc(N)ccc1-c1ccc(NC(=O)C(=O)O)cc1C. The van der Waals surface area contributed by atoms with Gasteiger partial charge in [-0.05, 0) is 60.4 Å². The van der Waals surface area contributed by atoms with E-state index in [9.17, 15) is 9.59 Å². The molecule has 2 rings (SSSR count). The highest BCUT2D eigenvalue weighted by Gasteiger charge is 2.12. The van der Waals surface area contributed by atoms with Gasteiger partial charge in [-0.25, -0.2) is 4.79 Å². The van der Waals surface area contributed by atoms with Gasteiger partial charge in [-0.1, -0.05) is 12.1 Å². The van der Waals surface area contributed by atoms with E-state index in [1.807, 2.05) is 38.1 Å². The van der Waals surface area contributed by atoms with E-state index < -0.39 is 11.9 Å². The molecule has 4 N–H and O–H groups in total. The van der Waals surface area contributed by atoms with E-state index in [4.69, 9.17) is 10.8 Å². The fourth-order valence-electron chi connectivity index (χ4n) is 2.22. The summed E-state index contributed by atoms with van der Waals surface area (Å²) in [6, 6.07) is 11.0. The highest BCUT2D eigenvalue weighted by Crippen LogP contribution is 2.29. The standard InChI is InChI=1S/C16H16N2O3/c1-9-7-11(17)3-5-13(9)14-6-4-12(8-10(14)2)18-15(19)16(20)21/h3-8H,17H2,1-2H3,(H,18,19)(H,20,21). The maximum atomic E-state index is 11.1. The summed E-state index contributed by atoms with van der Waals surface area (Å²) in [6.45, 7) is 3.88. The Balaban J connectivity index is 2.35. The van der Waals surface area contributed by atoms with Crippen LogP contribution in [0.25, 0.3) is 11.1 Å². The van der Waals surface area contributed by atoms with Crippen molar-refractivity contribution >= 4 is 23.3 Å². The van der Waals surface area contributed by atoms with Gasteiger partial charge in [0.05, 0.1) is 0 Å². The van der Waals surface area contributed by atoms with Crippen LogP contribution in [0.4, 0.5) is 11.4 Å². The van der Waals surface area contributed by atoms with Crippen molar-refractivity contribution in [1.82, 2.24) is 0 Å². The number of nitrogen functional groups attached to an aromatic ring is 1. The first-order valence-electron chi connectivity index (χ1n) is 6.40. The normalized spacial score (nSPS) is 10.2. The van der Waals surface area contributed by atoms with Gasteiger partial charge in [0.1, 0.15) is 0 Å². The van der Waals surface area contributed by atoms with Crippen LogP contribution in [0.2, 0.25) is 0 Å². The molecule has 1 amide bonds. The Hall–Kier alpha value is -2.82. The molecule has 0 aliphatic carbocycles. The summed E-state index contributed by atoms with van der Waals surface area (Å²) in [6.07, 6.45) is 0. The molecule has 2 aromatic rings. The van der Waals surface area contributed by atoms with Gasteiger partial charge in [0.25, 0.3) is 0 Å². The van der Waals surface area contributed by atoms with Gasteiger partial charge in [0.2, 0.25) is 0 Å². The number of hydrogen-bond acceptors (Lipinski definition) is 3. The van der Waals surface area contributed by atoms with Crippen molar-refractivity contribution in [2.75, 3.05) is 11.1 Å². The zero-order chi connectivity index (χ0) is 15.6. The number of amides is 1. The minimum absolute atomic E-state index is 0.455. The van der Waals surface area contributed by atoms with Crippen molar-refractivity contribution in [1.29, 1.82) is 0 Å². The van der Waals surface area contributed by atoms with Crippen molar-refractivity contribution in [2.45, 2.75) is 13.8 Å². The van der Waals surface area contributed by atoms with E-state index in [0.29, 0.717) is 11.4 Å². The lowest BCUT2D eigenvalue weighted by Gasteiger charge is -2.12. The predicted molar refractivity (Wildman–Crippen MR) is 82.0 cm³/mol. The van der Waals surface area contributed by atoms with Crippen molar-refractivity contribution in [3.05, 3.63) is 47.5 Å². The summed E-state index contributed by atoms with van der Waals surface area (Å²) in [5.74, 6) is -2.56. The molecule has 2 aromatic carbocycles. The number of aryl methyl sites for hydroxylation is 2. The molecule has 108 valence electrons. The minimum Gasteiger partial charge on any atom is -0.474 e. The average Bonchev–Trinajstić information content (AvgIpc) is 2.40. The monoisotopic (exact) mass is 284 g/mol. The van der Waals surface area contributed by atoms with Crippen molar-refractivity contribution in [3.63, 3.8) is 0 Å². The number of anilines is 2. The molecule has 21 heavy (non-hydrogen) atoms. The van der Waals surface area contributed by atoms with E-state index in [-0.39, 0.29) is 0 Å². The third-order valence-electron chi connectivity index (χ3n) is 3.22. The Morgan fingerprint density at radius 2 is 1.57 bits per heavy atom. The van der Waals surface area contributed by atoms with Crippen LogP contribution in [0.1, 0.15) is 11.1 Å². The number of carboxylic acids is 1. The van der Waals surface area contributed by atoms with Crippen molar-refractivity contribution in [3.8, 4) is 11.1 Å². The first-order chi connectivity index (χ1) is 9.88. The van der Waals surface area contributed by atoms with Crippen LogP contribution in [0.15, 0.2) is 36.4 Å². The van der Waals surface area contributed by atoms with Gasteiger partial charge in [-0.15, -0.1) is 0 Å². The van der Waals surface area contributed by atoms with Gasteiger partial charge < -0.3 is 16.2 Å². The van der Waals surface area contributed by atoms with E-state index in [0.717, 1.165) is 22.3 Å². The zero-order valence-corrected chi connectivity index (χ0v) is 11.8. The summed E-state index contributed by atoms with van der Waals surface area (Å²) in [7, 11) is 0. The summed E-state index contributed by atoms with van der Waals surface area (Å²) in [4.78, 5) is 21.7. The highest BCUT2D eigenvalue weighted by atomic mass is 16.4. The number of nitrogens with one attached hydrogen (secondary N) is 1. The topological polar surface area (TPSA) is 92.4 Å². The van der Waals surface area contributed by atoms with E-state index in [1.165, 1.54) is 0 Å². The smallest absolute Gasteiger partial charge is 0.394 e. The van der Waals surface area contributed by atoms with Crippen LogP contribution in [0, 0.1) is 13.8 Å². The number of aliphatic carboxylic acids is 1. The first kappa shape index (κ1) is 14.6. The Bertz CT molecular complexity index is 723. The van der Waals surface area contributed by atoms with Gasteiger partial charge in [0, 0.05) is 11.4 Å². The molecule has 0 heterocycles. The molecule has 0 saturated carbocycles. The Morgan fingerprint density at radius 1 is 1.00 bits per heavy atom. The fourth-order valence-corrected chi connectivity index (χ4v) is 2.22. The first-order valence-corrected chi connectivity index (χ1v) is 6.40. The maximum absolute atomic E-state index is 11.1. The van der Waals surface area contributed by atoms with Crippen LogP contribution in [0.5, 0.6) is 0 Å². The molecule has 5 heteroatoms. The Kier molecular flexibility index (Phi) is 3.93. The Morgan fingerprint density at radius 3 is 2.10 bits per heavy atom. The zero-order valence-electron chi connectivity index (χ0n) is 11.8. The average molecular weight is 284 g/mol. The van der Waals surface area contributed by atoms with Crippen LogP contribution in [-0.2, 0) is 9.59 Å². The molecular formula is C16H16N2O3. The number of carboxylic acid groups (broad SMARTS) is 1. The number of nitrogens with two attached hydrogens (primary N) is 1. The lowest BCUT2D eigenvalue weighted by atomic mass is 9.96. The van der Waals surface area contributed by atoms with Crippen LogP contribution in [0.3, 0.4) is 0 Å². The second kappa shape index (κ2) is 5.66. The van der Waals surface area contributed by atoms with Crippen LogP contribution in [-0.4, -0.2) is 17.0 Å². The number of carbonyl (C=O) groups excluding carboxylic acids is 1. The van der Waals surface area contributed by atoms with E-state index in [2.05, 4.69) is 5.32 Å². The van der Waals surface area contributed by atoms with Crippen molar-refractivity contribution in [2.24, 2.45) is 0 Å². The number of benzene rings is 2. The lowest BCUT2D eigenvalue weighted by Crippen LogP contribution is -2.21. The molecule has 0 aromatic heterocycles. The second-order valence-electron chi connectivity index (χ2n) is 4.86.